The van der Waals surface area contributed by atoms with Crippen molar-refractivity contribution in [2.75, 3.05) is 39.8 Å². The molecule has 0 aromatic heterocycles. The zero-order valence-electron chi connectivity index (χ0n) is 31.2. The number of hydrogen-bond donors (Lipinski definition) is 3. The van der Waals surface area contributed by atoms with Gasteiger partial charge in [-0.2, -0.15) is 26.3 Å². The molecule has 0 spiro atoms. The van der Waals surface area contributed by atoms with Gasteiger partial charge in [-0.3, -0.25) is 24.2 Å². The van der Waals surface area contributed by atoms with E-state index in [0.717, 1.165) is 25.8 Å². The second kappa shape index (κ2) is 16.3. The SMILES string of the molecule is CC/C(C(=O)C(=O)C(C)C(C)C)=C(\C)N(CCC(C)N1CCN(C(C)=O)CC1)C(=O)N(C)C(C)(C)c1c(O)c(C(F)(F)F)c(O)c(C(F)(F)F)c1O. The van der Waals surface area contributed by atoms with Crippen LogP contribution >= 0.6 is 0 Å². The van der Waals surface area contributed by atoms with Crippen LogP contribution in [0, 0.1) is 11.8 Å². The Kier molecular flexibility index (Phi) is 13.9. The van der Waals surface area contributed by atoms with Crippen molar-refractivity contribution in [2.45, 2.75) is 99.1 Å². The summed E-state index contributed by atoms with van der Waals surface area (Å²) in [4.78, 5) is 58.4. The fraction of sp³-hybridized carbons (Fsp3) is 0.657. The molecule has 1 aliphatic heterocycles. The van der Waals surface area contributed by atoms with Gasteiger partial charge in [0.25, 0.3) is 0 Å². The number of piperazine rings is 1. The molecule has 3 amide bonds. The Morgan fingerprint density at radius 3 is 1.62 bits per heavy atom. The summed E-state index contributed by atoms with van der Waals surface area (Å²) >= 11 is 0. The third-order valence-electron chi connectivity index (χ3n) is 10.2. The third-order valence-corrected chi connectivity index (χ3v) is 10.2. The Balaban J connectivity index is 2.75. The van der Waals surface area contributed by atoms with Crippen LogP contribution < -0.4 is 0 Å². The highest BCUT2D eigenvalue weighted by Crippen LogP contribution is 2.56. The van der Waals surface area contributed by atoms with Gasteiger partial charge in [-0.05, 0) is 46.5 Å². The summed E-state index contributed by atoms with van der Waals surface area (Å²) in [6.45, 7) is 15.2. The van der Waals surface area contributed by atoms with Gasteiger partial charge in [0, 0.05) is 69.9 Å². The molecule has 0 radical (unpaired) electrons. The van der Waals surface area contributed by atoms with E-state index < -0.39 is 75.3 Å². The topological polar surface area (TPSA) is 142 Å². The van der Waals surface area contributed by atoms with Crippen LogP contribution in [-0.4, -0.2) is 104 Å². The first-order valence-electron chi connectivity index (χ1n) is 16.9. The molecule has 1 aromatic carbocycles. The van der Waals surface area contributed by atoms with E-state index in [2.05, 4.69) is 4.90 Å². The number of hydrogen-bond acceptors (Lipinski definition) is 8. The minimum absolute atomic E-state index is 0.00983. The molecule has 0 aliphatic carbocycles. The summed E-state index contributed by atoms with van der Waals surface area (Å²) in [5.41, 5.74) is -8.59. The average Bonchev–Trinajstić information content (AvgIpc) is 3.01. The van der Waals surface area contributed by atoms with Crippen LogP contribution in [0.15, 0.2) is 11.3 Å². The number of Topliss-reactive ketones (excluding diaryl/α,β-unsaturated/α-hetero) is 2. The molecule has 3 N–H and O–H groups in total. The smallest absolute Gasteiger partial charge is 0.423 e. The number of ketones is 2. The molecule has 1 heterocycles. The maximum Gasteiger partial charge on any atom is 0.423 e. The zero-order valence-corrected chi connectivity index (χ0v) is 31.2. The number of aromatic hydroxyl groups is 3. The lowest BCUT2D eigenvalue weighted by Gasteiger charge is -2.42. The van der Waals surface area contributed by atoms with E-state index in [1.54, 1.807) is 32.6 Å². The van der Waals surface area contributed by atoms with Gasteiger partial charge in [-0.25, -0.2) is 4.79 Å². The van der Waals surface area contributed by atoms with Gasteiger partial charge < -0.3 is 25.1 Å². The predicted molar refractivity (Wildman–Crippen MR) is 179 cm³/mol. The Hall–Kier alpha value is -4.02. The van der Waals surface area contributed by atoms with Crippen LogP contribution in [0.4, 0.5) is 31.1 Å². The zero-order chi connectivity index (χ0) is 40.4. The van der Waals surface area contributed by atoms with E-state index >= 15 is 0 Å². The van der Waals surface area contributed by atoms with Gasteiger partial charge in [0.15, 0.2) is 0 Å². The number of benzene rings is 1. The van der Waals surface area contributed by atoms with Crippen molar-refractivity contribution in [2.24, 2.45) is 11.8 Å². The first-order valence-corrected chi connectivity index (χ1v) is 16.9. The monoisotopic (exact) mass is 752 g/mol. The lowest BCUT2D eigenvalue weighted by molar-refractivity contribution is -0.147. The number of amides is 3. The Labute approximate surface area is 299 Å². The van der Waals surface area contributed by atoms with Crippen LogP contribution in [0.5, 0.6) is 17.2 Å². The average molecular weight is 753 g/mol. The van der Waals surface area contributed by atoms with Gasteiger partial charge in [0.05, 0.1) is 11.1 Å². The lowest BCUT2D eigenvalue weighted by Crippen LogP contribution is -2.52. The van der Waals surface area contributed by atoms with Crippen LogP contribution in [-0.2, 0) is 32.3 Å². The minimum Gasteiger partial charge on any atom is -0.507 e. The molecule has 294 valence electrons. The maximum atomic E-state index is 14.4. The predicted octanol–water partition coefficient (Wildman–Crippen LogP) is 6.49. The molecule has 52 heavy (non-hydrogen) atoms. The van der Waals surface area contributed by atoms with Gasteiger partial charge in [0.1, 0.15) is 28.4 Å². The summed E-state index contributed by atoms with van der Waals surface area (Å²) in [6.07, 6.45) is -11.2. The minimum atomic E-state index is -5.72. The molecule has 11 nitrogen and oxygen atoms in total. The summed E-state index contributed by atoms with van der Waals surface area (Å²) in [7, 11) is 1.03. The van der Waals surface area contributed by atoms with Crippen molar-refractivity contribution in [3.05, 3.63) is 28.0 Å². The molecule has 1 fully saturated rings. The summed E-state index contributed by atoms with van der Waals surface area (Å²) in [6, 6.07) is -1.26. The number of halogens is 6. The molecular formula is C35H50F6N4O7. The van der Waals surface area contributed by atoms with Gasteiger partial charge in [-0.15, -0.1) is 0 Å². The number of nitrogens with zero attached hydrogens (tertiary/aromatic N) is 4. The molecule has 1 aromatic rings. The fourth-order valence-corrected chi connectivity index (χ4v) is 6.20. The number of allylic oxidation sites excluding steroid dienone is 2. The van der Waals surface area contributed by atoms with Crippen LogP contribution in [0.2, 0.25) is 0 Å². The normalized spacial score (nSPS) is 16.4. The van der Waals surface area contributed by atoms with Crippen molar-refractivity contribution in [3.8, 4) is 17.2 Å². The Bertz CT molecular complexity index is 1520. The van der Waals surface area contributed by atoms with Crippen molar-refractivity contribution in [1.82, 2.24) is 19.6 Å². The number of carbonyl (C=O) groups excluding carboxylic acids is 4. The van der Waals surface area contributed by atoms with E-state index in [0.29, 0.717) is 31.1 Å². The summed E-state index contributed by atoms with van der Waals surface area (Å²) < 4.78 is 83.9. The molecule has 2 unspecified atom stereocenters. The Morgan fingerprint density at radius 1 is 0.788 bits per heavy atom. The van der Waals surface area contributed by atoms with E-state index in [9.17, 15) is 60.8 Å². The molecule has 17 heteroatoms. The summed E-state index contributed by atoms with van der Waals surface area (Å²) in [5, 5.41) is 31.5. The molecule has 1 saturated heterocycles. The molecular weight excluding hydrogens is 702 g/mol. The third kappa shape index (κ3) is 9.12. The molecule has 2 rings (SSSR count). The van der Waals surface area contributed by atoms with Crippen LogP contribution in [0.1, 0.15) is 91.8 Å². The van der Waals surface area contributed by atoms with E-state index in [-0.39, 0.29) is 48.5 Å². The number of alkyl halides is 6. The molecule has 2 atom stereocenters. The van der Waals surface area contributed by atoms with Crippen molar-refractivity contribution < 1.29 is 60.8 Å². The largest absolute Gasteiger partial charge is 0.507 e. The van der Waals surface area contributed by atoms with Crippen molar-refractivity contribution in [3.63, 3.8) is 0 Å². The van der Waals surface area contributed by atoms with Crippen molar-refractivity contribution in [1.29, 1.82) is 0 Å². The van der Waals surface area contributed by atoms with Gasteiger partial charge in [-0.1, -0.05) is 27.7 Å². The Morgan fingerprint density at radius 2 is 1.23 bits per heavy atom. The van der Waals surface area contributed by atoms with Gasteiger partial charge >= 0.3 is 18.4 Å². The van der Waals surface area contributed by atoms with E-state index in [1.165, 1.54) is 13.8 Å². The van der Waals surface area contributed by atoms with Crippen LogP contribution in [0.3, 0.4) is 0 Å². The quantitative estimate of drug-likeness (QED) is 0.125. The van der Waals surface area contributed by atoms with E-state index in [4.69, 9.17) is 0 Å². The number of urea groups is 1. The fourth-order valence-electron chi connectivity index (χ4n) is 6.20. The highest BCUT2D eigenvalue weighted by Gasteiger charge is 2.51. The highest BCUT2D eigenvalue weighted by atomic mass is 19.4. The highest BCUT2D eigenvalue weighted by molar-refractivity contribution is 6.44. The van der Waals surface area contributed by atoms with Crippen LogP contribution in [0.25, 0.3) is 0 Å². The number of carbonyl (C=O) groups is 4. The van der Waals surface area contributed by atoms with Gasteiger partial charge in [0.2, 0.25) is 17.5 Å². The number of phenolic OH excluding ortho intramolecular Hbond substituents is 3. The first kappa shape index (κ1) is 44.1. The standard InChI is InChI=1S/C35H50F6N4O7/c1-11-23(28(48)27(47)20(5)18(2)3)21(6)45(13-12-19(4)43-14-16-44(17-15-43)22(7)46)32(52)42(10)33(8,9)24-29(49)25(34(36,37)38)31(51)26(30(24)50)35(39,40)41/h18-20,49-51H,11-17H2,1-10H3/b23-21-. The van der Waals surface area contributed by atoms with Crippen molar-refractivity contribution >= 4 is 23.5 Å². The molecule has 0 bridgehead atoms. The molecule has 1 aliphatic rings. The number of phenols is 3. The maximum absolute atomic E-state index is 14.4. The first-order chi connectivity index (χ1) is 23.6. The second-order valence-electron chi connectivity index (χ2n) is 14.0. The summed E-state index contributed by atoms with van der Waals surface area (Å²) in [5.74, 6) is -8.79. The number of rotatable bonds is 12. The molecule has 0 saturated carbocycles. The van der Waals surface area contributed by atoms with E-state index in [1.807, 2.05) is 6.92 Å². The second-order valence-corrected chi connectivity index (χ2v) is 14.0. The lowest BCUT2D eigenvalue weighted by atomic mass is 9.86.